The van der Waals surface area contributed by atoms with Crippen LogP contribution >= 0.6 is 0 Å². The van der Waals surface area contributed by atoms with Gasteiger partial charge in [0.05, 0.1) is 6.61 Å². The minimum absolute atomic E-state index is 0.00415. The van der Waals surface area contributed by atoms with E-state index in [1.54, 1.807) is 0 Å². The summed E-state index contributed by atoms with van der Waals surface area (Å²) < 4.78 is 5.69. The number of para-hydroxylation sites is 1. The molecule has 0 aliphatic rings. The van der Waals surface area contributed by atoms with E-state index < -0.39 is 0 Å². The van der Waals surface area contributed by atoms with E-state index in [1.807, 2.05) is 19.1 Å². The van der Waals surface area contributed by atoms with Crippen molar-refractivity contribution in [3.05, 3.63) is 65.7 Å². The summed E-state index contributed by atoms with van der Waals surface area (Å²) in [5.41, 5.74) is 2.51. The highest BCUT2D eigenvalue weighted by atomic mass is 16.5. The molecule has 2 rings (SSSR count). The van der Waals surface area contributed by atoms with E-state index in [4.69, 9.17) is 4.74 Å². The highest BCUT2D eigenvalue weighted by molar-refractivity contribution is 5.33. The van der Waals surface area contributed by atoms with E-state index in [0.717, 1.165) is 18.8 Å². The van der Waals surface area contributed by atoms with Gasteiger partial charge in [0.1, 0.15) is 5.75 Å². The molecule has 1 atom stereocenters. The van der Waals surface area contributed by atoms with Crippen molar-refractivity contribution in [2.45, 2.75) is 45.8 Å². The molecule has 0 aliphatic heterocycles. The van der Waals surface area contributed by atoms with Gasteiger partial charge in [-0.05, 0) is 39.3 Å². The second-order valence-electron chi connectivity index (χ2n) is 6.80. The smallest absolute Gasteiger partial charge is 0.123 e. The molecular formula is C21H30N2O. The maximum atomic E-state index is 5.69. The van der Waals surface area contributed by atoms with Crippen LogP contribution in [0.25, 0.3) is 0 Å². The van der Waals surface area contributed by atoms with Crippen LogP contribution in [0, 0.1) is 0 Å². The van der Waals surface area contributed by atoms with Crippen LogP contribution < -0.4 is 15.4 Å². The van der Waals surface area contributed by atoms with Crippen LogP contribution in [0.1, 0.15) is 44.9 Å². The zero-order valence-corrected chi connectivity index (χ0v) is 15.3. The third-order valence-corrected chi connectivity index (χ3v) is 4.06. The molecule has 24 heavy (non-hydrogen) atoms. The molecule has 3 nitrogen and oxygen atoms in total. The van der Waals surface area contributed by atoms with Crippen molar-refractivity contribution < 1.29 is 4.74 Å². The predicted octanol–water partition coefficient (Wildman–Crippen LogP) is 4.30. The lowest BCUT2D eigenvalue weighted by Gasteiger charge is -2.31. The molecule has 2 aromatic carbocycles. The van der Waals surface area contributed by atoms with Crippen LogP contribution in [0.15, 0.2) is 54.6 Å². The fraction of sp³-hybridized carbons (Fsp3) is 0.429. The van der Waals surface area contributed by atoms with Crippen molar-refractivity contribution in [3.8, 4) is 5.75 Å². The molecule has 0 bridgehead atoms. The van der Waals surface area contributed by atoms with E-state index in [2.05, 4.69) is 73.9 Å². The normalized spacial score (nSPS) is 12.8. The second-order valence-corrected chi connectivity index (χ2v) is 6.80. The molecule has 0 heterocycles. The highest BCUT2D eigenvalue weighted by Crippen LogP contribution is 2.19. The summed E-state index contributed by atoms with van der Waals surface area (Å²) in [4.78, 5) is 0. The molecule has 0 fully saturated rings. The zero-order chi connectivity index (χ0) is 17.4. The lowest BCUT2D eigenvalue weighted by atomic mass is 10.0. The Kier molecular flexibility index (Phi) is 6.83. The molecule has 2 aromatic rings. The van der Waals surface area contributed by atoms with Gasteiger partial charge in [-0.25, -0.2) is 0 Å². The average Bonchev–Trinajstić information content (AvgIpc) is 2.57. The minimum atomic E-state index is -0.00415. The number of benzene rings is 2. The van der Waals surface area contributed by atoms with Crippen LogP contribution in [0.3, 0.4) is 0 Å². The lowest BCUT2D eigenvalue weighted by Crippen LogP contribution is -2.48. The van der Waals surface area contributed by atoms with Gasteiger partial charge < -0.3 is 15.4 Å². The van der Waals surface area contributed by atoms with Gasteiger partial charge in [-0.1, -0.05) is 48.5 Å². The van der Waals surface area contributed by atoms with Gasteiger partial charge in [-0.2, -0.15) is 0 Å². The van der Waals surface area contributed by atoms with Crippen molar-refractivity contribution in [1.82, 2.24) is 10.6 Å². The molecule has 0 saturated carbocycles. The lowest BCUT2D eigenvalue weighted by molar-refractivity contribution is 0.322. The Morgan fingerprint density at radius 3 is 2.38 bits per heavy atom. The molecule has 0 aromatic heterocycles. The van der Waals surface area contributed by atoms with E-state index >= 15 is 0 Å². The molecule has 0 aliphatic carbocycles. The summed E-state index contributed by atoms with van der Waals surface area (Å²) in [6, 6.07) is 19.1. The summed E-state index contributed by atoms with van der Waals surface area (Å²) in [5, 5.41) is 7.26. The van der Waals surface area contributed by atoms with Crippen LogP contribution in [0.2, 0.25) is 0 Å². The Labute approximate surface area is 146 Å². The first-order chi connectivity index (χ1) is 11.5. The second kappa shape index (κ2) is 8.86. The van der Waals surface area contributed by atoms with E-state index in [0.29, 0.717) is 12.6 Å². The first-order valence-corrected chi connectivity index (χ1v) is 8.76. The summed E-state index contributed by atoms with van der Waals surface area (Å²) in [6.45, 7) is 11.1. The molecule has 130 valence electrons. The number of hydrogen-bond acceptors (Lipinski definition) is 3. The highest BCUT2D eigenvalue weighted by Gasteiger charge is 2.20. The maximum absolute atomic E-state index is 5.69. The van der Waals surface area contributed by atoms with Gasteiger partial charge in [0, 0.05) is 30.2 Å². The fourth-order valence-electron chi connectivity index (χ4n) is 2.92. The SMILES string of the molecule is CCOc1ccccc1CNCC(C)(C)NC(C)c1ccccc1. The van der Waals surface area contributed by atoms with Crippen LogP contribution in [0.4, 0.5) is 0 Å². The van der Waals surface area contributed by atoms with Gasteiger partial charge in [0.25, 0.3) is 0 Å². The molecule has 0 saturated heterocycles. The van der Waals surface area contributed by atoms with Gasteiger partial charge in [-0.15, -0.1) is 0 Å². The van der Waals surface area contributed by atoms with E-state index in [9.17, 15) is 0 Å². The molecule has 0 amide bonds. The number of ether oxygens (including phenoxy) is 1. The summed E-state index contributed by atoms with van der Waals surface area (Å²) in [7, 11) is 0. The predicted molar refractivity (Wildman–Crippen MR) is 101 cm³/mol. The maximum Gasteiger partial charge on any atom is 0.123 e. The molecular weight excluding hydrogens is 296 g/mol. The third kappa shape index (κ3) is 5.66. The molecule has 0 radical (unpaired) electrons. The summed E-state index contributed by atoms with van der Waals surface area (Å²) >= 11 is 0. The van der Waals surface area contributed by atoms with Crippen molar-refractivity contribution >= 4 is 0 Å². The standard InChI is InChI=1S/C21H30N2O/c1-5-24-20-14-10-9-13-19(20)15-22-16-21(3,4)23-17(2)18-11-7-6-8-12-18/h6-14,17,22-23H,5,15-16H2,1-4H3. The van der Waals surface area contributed by atoms with Crippen LogP contribution in [0.5, 0.6) is 5.75 Å². The minimum Gasteiger partial charge on any atom is -0.494 e. The van der Waals surface area contributed by atoms with Gasteiger partial charge in [0.2, 0.25) is 0 Å². The summed E-state index contributed by atoms with van der Waals surface area (Å²) in [5.74, 6) is 0.968. The van der Waals surface area contributed by atoms with Gasteiger partial charge in [0.15, 0.2) is 0 Å². The number of nitrogens with one attached hydrogen (secondary N) is 2. The first-order valence-electron chi connectivity index (χ1n) is 8.76. The largest absolute Gasteiger partial charge is 0.494 e. The van der Waals surface area contributed by atoms with Crippen LogP contribution in [-0.2, 0) is 6.54 Å². The Morgan fingerprint density at radius 1 is 1.00 bits per heavy atom. The van der Waals surface area contributed by atoms with Gasteiger partial charge >= 0.3 is 0 Å². The molecule has 1 unspecified atom stereocenters. The Balaban J connectivity index is 1.86. The van der Waals surface area contributed by atoms with Crippen molar-refractivity contribution in [1.29, 1.82) is 0 Å². The first kappa shape index (κ1) is 18.5. The molecule has 3 heteroatoms. The van der Waals surface area contributed by atoms with Crippen molar-refractivity contribution in [3.63, 3.8) is 0 Å². The Hall–Kier alpha value is -1.84. The Morgan fingerprint density at radius 2 is 1.67 bits per heavy atom. The monoisotopic (exact) mass is 326 g/mol. The van der Waals surface area contributed by atoms with E-state index in [1.165, 1.54) is 11.1 Å². The quantitative estimate of drug-likeness (QED) is 0.720. The van der Waals surface area contributed by atoms with Crippen molar-refractivity contribution in [2.24, 2.45) is 0 Å². The van der Waals surface area contributed by atoms with Gasteiger partial charge in [-0.3, -0.25) is 0 Å². The number of rotatable bonds is 9. The summed E-state index contributed by atoms with van der Waals surface area (Å²) in [6.07, 6.45) is 0. The zero-order valence-electron chi connectivity index (χ0n) is 15.3. The van der Waals surface area contributed by atoms with Crippen LogP contribution in [-0.4, -0.2) is 18.7 Å². The third-order valence-electron chi connectivity index (χ3n) is 4.06. The average molecular weight is 326 g/mol. The Bertz CT molecular complexity index is 610. The van der Waals surface area contributed by atoms with E-state index in [-0.39, 0.29) is 5.54 Å². The molecule has 0 spiro atoms. The molecule has 2 N–H and O–H groups in total. The topological polar surface area (TPSA) is 33.3 Å². The number of hydrogen-bond donors (Lipinski definition) is 2. The van der Waals surface area contributed by atoms with Crippen molar-refractivity contribution in [2.75, 3.05) is 13.2 Å². The fourth-order valence-corrected chi connectivity index (χ4v) is 2.92.